The number of benzene rings is 1. The first kappa shape index (κ1) is 17.5. The van der Waals surface area contributed by atoms with E-state index in [0.717, 1.165) is 5.39 Å². The van der Waals surface area contributed by atoms with Crippen molar-refractivity contribution < 1.29 is 14.3 Å². The van der Waals surface area contributed by atoms with Crippen LogP contribution < -0.4 is 20.3 Å². The summed E-state index contributed by atoms with van der Waals surface area (Å²) in [4.78, 5) is 29.6. The van der Waals surface area contributed by atoms with Crippen LogP contribution in [0.3, 0.4) is 0 Å². The summed E-state index contributed by atoms with van der Waals surface area (Å²) in [6.45, 7) is 2.26. The number of anilines is 1. The van der Waals surface area contributed by atoms with Gasteiger partial charge in [0.25, 0.3) is 11.5 Å². The second-order valence-corrected chi connectivity index (χ2v) is 5.55. The predicted octanol–water partition coefficient (Wildman–Crippen LogP) is 2.69. The van der Waals surface area contributed by atoms with E-state index in [1.54, 1.807) is 36.5 Å². The molecule has 0 radical (unpaired) electrons. The lowest BCUT2D eigenvalue weighted by atomic mass is 10.2. The van der Waals surface area contributed by atoms with Crippen molar-refractivity contribution in [2.24, 2.45) is 0 Å². The van der Waals surface area contributed by atoms with Gasteiger partial charge in [-0.1, -0.05) is 0 Å². The number of carbonyl (C=O) groups is 1. The average Bonchev–Trinajstić information content (AvgIpc) is 2.67. The molecule has 2 heterocycles. The van der Waals surface area contributed by atoms with Crippen LogP contribution in [0.4, 0.5) is 5.69 Å². The highest BCUT2D eigenvalue weighted by Gasteiger charge is 2.16. The van der Waals surface area contributed by atoms with Crippen molar-refractivity contribution in [3.63, 3.8) is 0 Å². The zero-order valence-electron chi connectivity index (χ0n) is 14.8. The van der Waals surface area contributed by atoms with Crippen LogP contribution in [0, 0.1) is 0 Å². The molecule has 1 amide bonds. The summed E-state index contributed by atoms with van der Waals surface area (Å²) in [7, 11) is 3.05. The quantitative estimate of drug-likeness (QED) is 0.762. The van der Waals surface area contributed by atoms with Crippen LogP contribution in [0.2, 0.25) is 0 Å². The van der Waals surface area contributed by atoms with E-state index >= 15 is 0 Å². The molecular weight excluding hydrogens is 334 g/mol. The van der Waals surface area contributed by atoms with E-state index in [0.29, 0.717) is 29.4 Å². The Morgan fingerprint density at radius 1 is 1.15 bits per heavy atom. The molecule has 0 spiro atoms. The highest BCUT2D eigenvalue weighted by atomic mass is 16.5. The minimum atomic E-state index is -0.491. The molecule has 0 fully saturated rings. The Labute approximate surface area is 150 Å². The molecule has 0 aliphatic rings. The summed E-state index contributed by atoms with van der Waals surface area (Å²) in [6.07, 6.45) is 1.62. The van der Waals surface area contributed by atoms with Crippen molar-refractivity contribution in [1.29, 1.82) is 0 Å². The van der Waals surface area contributed by atoms with Gasteiger partial charge in [0.05, 0.1) is 14.2 Å². The first-order chi connectivity index (χ1) is 12.6. The summed E-state index contributed by atoms with van der Waals surface area (Å²) in [5.74, 6) is 0.546. The Morgan fingerprint density at radius 2 is 1.92 bits per heavy atom. The van der Waals surface area contributed by atoms with Crippen molar-refractivity contribution in [1.82, 2.24) is 9.55 Å². The molecule has 134 valence electrons. The number of ether oxygens (including phenoxy) is 2. The summed E-state index contributed by atoms with van der Waals surface area (Å²) in [6, 6.07) is 10.2. The van der Waals surface area contributed by atoms with E-state index in [1.807, 2.05) is 13.0 Å². The number of fused-ring (bicyclic) bond motifs is 1. The summed E-state index contributed by atoms with van der Waals surface area (Å²) >= 11 is 0. The number of carbonyl (C=O) groups excluding carboxylic acids is 1. The first-order valence-electron chi connectivity index (χ1n) is 8.11. The molecule has 7 nitrogen and oxygen atoms in total. The van der Waals surface area contributed by atoms with Gasteiger partial charge in [-0.2, -0.15) is 0 Å². The van der Waals surface area contributed by atoms with Crippen molar-refractivity contribution in [3.05, 3.63) is 58.5 Å². The minimum Gasteiger partial charge on any atom is -0.493 e. The third-order valence-corrected chi connectivity index (χ3v) is 4.05. The normalized spacial score (nSPS) is 10.6. The van der Waals surface area contributed by atoms with Gasteiger partial charge in [-0.3, -0.25) is 14.2 Å². The van der Waals surface area contributed by atoms with Crippen molar-refractivity contribution in [3.8, 4) is 11.5 Å². The molecule has 0 atom stereocenters. The molecule has 1 N–H and O–H groups in total. The Bertz CT molecular complexity index is 1030. The van der Waals surface area contributed by atoms with Crippen LogP contribution in [-0.2, 0) is 6.54 Å². The molecular formula is C19H19N3O4. The largest absolute Gasteiger partial charge is 0.493 e. The Hall–Kier alpha value is -3.35. The second-order valence-electron chi connectivity index (χ2n) is 5.55. The van der Waals surface area contributed by atoms with Crippen LogP contribution in [0.15, 0.2) is 47.4 Å². The van der Waals surface area contributed by atoms with E-state index in [1.165, 1.54) is 18.8 Å². The smallest absolute Gasteiger partial charge is 0.265 e. The number of nitrogens with zero attached hydrogens (tertiary/aromatic N) is 2. The molecule has 1 aromatic carbocycles. The van der Waals surface area contributed by atoms with Crippen LogP contribution in [0.5, 0.6) is 11.5 Å². The zero-order chi connectivity index (χ0) is 18.7. The molecule has 0 aliphatic carbocycles. The number of rotatable bonds is 5. The molecule has 0 unspecified atom stereocenters. The second kappa shape index (κ2) is 7.26. The van der Waals surface area contributed by atoms with E-state index in [9.17, 15) is 9.59 Å². The van der Waals surface area contributed by atoms with Gasteiger partial charge in [0.15, 0.2) is 11.5 Å². The summed E-state index contributed by atoms with van der Waals surface area (Å²) in [5, 5.41) is 3.46. The number of aryl methyl sites for hydroxylation is 1. The topological polar surface area (TPSA) is 82.5 Å². The molecule has 3 aromatic rings. The third-order valence-electron chi connectivity index (χ3n) is 4.05. The maximum absolute atomic E-state index is 12.7. The Morgan fingerprint density at radius 3 is 2.62 bits per heavy atom. The standard InChI is InChI=1S/C19H19N3O4/c1-4-22-17-12(6-5-9-20-17)10-14(19(22)24)18(23)21-13-7-8-15(25-2)16(11-13)26-3/h5-11H,4H2,1-3H3,(H,21,23). The molecule has 0 aliphatic heterocycles. The van der Waals surface area contributed by atoms with Gasteiger partial charge < -0.3 is 14.8 Å². The lowest BCUT2D eigenvalue weighted by molar-refractivity contribution is 0.102. The lowest BCUT2D eigenvalue weighted by Gasteiger charge is -2.12. The van der Waals surface area contributed by atoms with E-state index < -0.39 is 5.91 Å². The number of nitrogens with one attached hydrogen (secondary N) is 1. The van der Waals surface area contributed by atoms with Crippen molar-refractivity contribution in [2.75, 3.05) is 19.5 Å². The van der Waals surface area contributed by atoms with Crippen LogP contribution in [-0.4, -0.2) is 29.7 Å². The molecule has 2 aromatic heterocycles. The number of amides is 1. The number of aromatic nitrogens is 2. The number of hydrogen-bond acceptors (Lipinski definition) is 5. The number of pyridine rings is 2. The van der Waals surface area contributed by atoms with Crippen molar-refractivity contribution >= 4 is 22.6 Å². The predicted molar refractivity (Wildman–Crippen MR) is 99.2 cm³/mol. The Kier molecular flexibility index (Phi) is 4.88. The fourth-order valence-electron chi connectivity index (χ4n) is 2.77. The van der Waals surface area contributed by atoms with E-state index in [-0.39, 0.29) is 11.1 Å². The number of hydrogen-bond donors (Lipinski definition) is 1. The molecule has 0 bridgehead atoms. The van der Waals surface area contributed by atoms with Gasteiger partial charge >= 0.3 is 0 Å². The molecule has 26 heavy (non-hydrogen) atoms. The first-order valence-corrected chi connectivity index (χ1v) is 8.11. The maximum atomic E-state index is 12.7. The highest BCUT2D eigenvalue weighted by Crippen LogP contribution is 2.29. The van der Waals surface area contributed by atoms with Crippen LogP contribution in [0.25, 0.3) is 11.0 Å². The number of methoxy groups -OCH3 is 2. The van der Waals surface area contributed by atoms with Gasteiger partial charge in [0, 0.05) is 29.9 Å². The zero-order valence-corrected chi connectivity index (χ0v) is 14.8. The maximum Gasteiger partial charge on any atom is 0.265 e. The molecule has 3 rings (SSSR count). The van der Waals surface area contributed by atoms with E-state index in [2.05, 4.69) is 10.3 Å². The molecule has 0 saturated carbocycles. The van der Waals surface area contributed by atoms with Gasteiger partial charge in [-0.05, 0) is 37.3 Å². The van der Waals surface area contributed by atoms with Crippen LogP contribution in [0.1, 0.15) is 17.3 Å². The van der Waals surface area contributed by atoms with Crippen molar-refractivity contribution in [2.45, 2.75) is 13.5 Å². The van der Waals surface area contributed by atoms with Gasteiger partial charge in [0.1, 0.15) is 11.2 Å². The van der Waals surface area contributed by atoms with Gasteiger partial charge in [0.2, 0.25) is 0 Å². The van der Waals surface area contributed by atoms with Gasteiger partial charge in [-0.15, -0.1) is 0 Å². The minimum absolute atomic E-state index is 0.0575. The van der Waals surface area contributed by atoms with E-state index in [4.69, 9.17) is 9.47 Å². The van der Waals surface area contributed by atoms with Crippen LogP contribution >= 0.6 is 0 Å². The highest BCUT2D eigenvalue weighted by molar-refractivity contribution is 6.05. The monoisotopic (exact) mass is 353 g/mol. The summed E-state index contributed by atoms with van der Waals surface area (Å²) in [5.41, 5.74) is 0.739. The molecule has 7 heteroatoms. The molecule has 0 saturated heterocycles. The fraction of sp³-hybridized carbons (Fsp3) is 0.211. The third kappa shape index (κ3) is 3.11. The fourth-order valence-corrected chi connectivity index (χ4v) is 2.77. The Balaban J connectivity index is 2.00. The average molecular weight is 353 g/mol. The lowest BCUT2D eigenvalue weighted by Crippen LogP contribution is -2.29. The SMILES string of the molecule is CCn1c(=O)c(C(=O)Nc2ccc(OC)c(OC)c2)cc2cccnc21. The van der Waals surface area contributed by atoms with Gasteiger partial charge in [-0.25, -0.2) is 4.98 Å². The summed E-state index contributed by atoms with van der Waals surface area (Å²) < 4.78 is 11.9.